The van der Waals surface area contributed by atoms with Crippen molar-refractivity contribution in [2.24, 2.45) is 0 Å². The molecule has 1 aromatic heterocycles. The van der Waals surface area contributed by atoms with Crippen molar-refractivity contribution in [2.45, 2.75) is 38.8 Å². The van der Waals surface area contributed by atoms with Crippen LogP contribution in [0, 0.1) is 0 Å². The Balaban J connectivity index is 1.52. The van der Waals surface area contributed by atoms with E-state index in [1.54, 1.807) is 31.2 Å². The molecule has 0 fully saturated rings. The average Bonchev–Trinajstić information content (AvgIpc) is 3.17. The topological polar surface area (TPSA) is 116 Å². The van der Waals surface area contributed by atoms with Gasteiger partial charge in [-0.05, 0) is 60.2 Å². The minimum Gasteiger partial charge on any atom is -0.483 e. The van der Waals surface area contributed by atoms with Crippen LogP contribution < -0.4 is 9.47 Å². The van der Waals surface area contributed by atoms with Crippen molar-refractivity contribution in [1.82, 2.24) is 20.2 Å². The molecule has 9 heteroatoms. The number of hydrogen-bond donors (Lipinski definition) is 1. The third-order valence-electron chi connectivity index (χ3n) is 4.27. The van der Waals surface area contributed by atoms with Crippen LogP contribution in [-0.2, 0) is 22.6 Å². The van der Waals surface area contributed by atoms with Crippen molar-refractivity contribution in [3.63, 3.8) is 0 Å². The van der Waals surface area contributed by atoms with Gasteiger partial charge in [-0.3, -0.25) is 9.59 Å². The van der Waals surface area contributed by atoms with Gasteiger partial charge < -0.3 is 14.6 Å². The number of Topliss-reactive ketones (excluding diaryl/α,β-unsaturated/α-hetero) is 1. The lowest BCUT2D eigenvalue weighted by molar-refractivity contribution is -0.137. The SMILES string of the molecule is CC(Oc1ccc(Oc2ccccc2)cc1)C(=O)Cn1nnnc1CCCC(=O)O. The first-order chi connectivity index (χ1) is 14.5. The summed E-state index contributed by atoms with van der Waals surface area (Å²) in [6, 6.07) is 16.4. The number of hydrogen-bond acceptors (Lipinski definition) is 7. The lowest BCUT2D eigenvalue weighted by Gasteiger charge is -2.14. The summed E-state index contributed by atoms with van der Waals surface area (Å²) in [5, 5.41) is 20.0. The number of nitrogens with zero attached hydrogens (tertiary/aromatic N) is 4. The van der Waals surface area contributed by atoms with Gasteiger partial charge in [-0.2, -0.15) is 0 Å². The summed E-state index contributed by atoms with van der Waals surface area (Å²) in [6.45, 7) is 1.61. The molecule has 0 saturated heterocycles. The summed E-state index contributed by atoms with van der Waals surface area (Å²) < 4.78 is 12.8. The normalized spacial score (nSPS) is 11.6. The Morgan fingerprint density at radius 3 is 2.40 bits per heavy atom. The van der Waals surface area contributed by atoms with E-state index in [0.717, 1.165) is 5.75 Å². The minimum absolute atomic E-state index is 0.0182. The van der Waals surface area contributed by atoms with Crippen molar-refractivity contribution in [1.29, 1.82) is 0 Å². The number of carbonyl (C=O) groups excluding carboxylic acids is 1. The van der Waals surface area contributed by atoms with E-state index in [4.69, 9.17) is 14.6 Å². The second-order valence-corrected chi connectivity index (χ2v) is 6.61. The zero-order valence-electron chi connectivity index (χ0n) is 16.5. The zero-order valence-corrected chi connectivity index (χ0v) is 16.5. The van der Waals surface area contributed by atoms with Crippen molar-refractivity contribution >= 4 is 11.8 Å². The van der Waals surface area contributed by atoms with Crippen LogP contribution in [0.15, 0.2) is 54.6 Å². The lowest BCUT2D eigenvalue weighted by atomic mass is 10.2. The summed E-state index contributed by atoms with van der Waals surface area (Å²) in [5.41, 5.74) is 0. The molecule has 1 N–H and O–H groups in total. The van der Waals surface area contributed by atoms with Crippen LogP contribution in [0.25, 0.3) is 0 Å². The van der Waals surface area contributed by atoms with Crippen LogP contribution in [-0.4, -0.2) is 43.2 Å². The van der Waals surface area contributed by atoms with Gasteiger partial charge in [0.25, 0.3) is 0 Å². The molecular weight excluding hydrogens is 388 g/mol. The van der Waals surface area contributed by atoms with Crippen molar-refractivity contribution in [2.75, 3.05) is 0 Å². The molecule has 0 spiro atoms. The summed E-state index contributed by atoms with van der Waals surface area (Å²) in [5.74, 6) is 1.31. The second kappa shape index (κ2) is 10.1. The maximum absolute atomic E-state index is 12.5. The summed E-state index contributed by atoms with van der Waals surface area (Å²) in [6.07, 6.45) is 0.0875. The van der Waals surface area contributed by atoms with Gasteiger partial charge >= 0.3 is 5.97 Å². The zero-order chi connectivity index (χ0) is 21.3. The number of carboxylic acids is 1. The number of carboxylic acid groups (broad SMARTS) is 1. The van der Waals surface area contributed by atoms with Crippen molar-refractivity contribution in [3.8, 4) is 17.2 Å². The molecule has 9 nitrogen and oxygen atoms in total. The quantitative estimate of drug-likeness (QED) is 0.513. The van der Waals surface area contributed by atoms with Gasteiger partial charge in [-0.15, -0.1) is 5.10 Å². The molecule has 3 aromatic rings. The van der Waals surface area contributed by atoms with E-state index < -0.39 is 12.1 Å². The Bertz CT molecular complexity index is 973. The van der Waals surface area contributed by atoms with Gasteiger partial charge in [-0.25, -0.2) is 4.68 Å². The fraction of sp³-hybridized carbons (Fsp3) is 0.286. The third-order valence-corrected chi connectivity index (χ3v) is 4.27. The molecule has 0 aliphatic carbocycles. The van der Waals surface area contributed by atoms with E-state index >= 15 is 0 Å². The van der Waals surface area contributed by atoms with E-state index in [2.05, 4.69) is 15.5 Å². The van der Waals surface area contributed by atoms with Gasteiger partial charge in [0.05, 0.1) is 0 Å². The van der Waals surface area contributed by atoms with E-state index in [-0.39, 0.29) is 18.7 Å². The first kappa shape index (κ1) is 21.0. The summed E-state index contributed by atoms with van der Waals surface area (Å²) in [7, 11) is 0. The minimum atomic E-state index is -0.882. The van der Waals surface area contributed by atoms with Crippen LogP contribution in [0.4, 0.5) is 0 Å². The highest BCUT2D eigenvalue weighted by molar-refractivity contribution is 5.82. The molecule has 0 saturated carbocycles. The van der Waals surface area contributed by atoms with Gasteiger partial charge in [0, 0.05) is 12.8 Å². The Kier molecular flexibility index (Phi) is 7.09. The Morgan fingerprint density at radius 1 is 1.03 bits per heavy atom. The predicted molar refractivity (Wildman–Crippen MR) is 106 cm³/mol. The molecule has 0 aliphatic rings. The number of benzene rings is 2. The first-order valence-electron chi connectivity index (χ1n) is 9.50. The fourth-order valence-electron chi connectivity index (χ4n) is 2.68. The number of carbonyl (C=O) groups is 2. The molecule has 0 bridgehead atoms. The number of rotatable bonds is 11. The highest BCUT2D eigenvalue weighted by Gasteiger charge is 2.18. The summed E-state index contributed by atoms with van der Waals surface area (Å²) in [4.78, 5) is 23.1. The third kappa shape index (κ3) is 6.13. The van der Waals surface area contributed by atoms with Crippen LogP contribution in [0.3, 0.4) is 0 Å². The monoisotopic (exact) mass is 410 g/mol. The molecule has 3 rings (SSSR count). The smallest absolute Gasteiger partial charge is 0.303 e. The molecule has 0 radical (unpaired) electrons. The number of ether oxygens (including phenoxy) is 2. The predicted octanol–water partition coefficient (Wildman–Crippen LogP) is 2.91. The Labute approximate surface area is 173 Å². The molecule has 0 amide bonds. The van der Waals surface area contributed by atoms with Gasteiger partial charge in [0.1, 0.15) is 23.8 Å². The largest absolute Gasteiger partial charge is 0.483 e. The van der Waals surface area contributed by atoms with Crippen LogP contribution >= 0.6 is 0 Å². The number of ketones is 1. The summed E-state index contributed by atoms with van der Waals surface area (Å²) >= 11 is 0. The number of aromatic nitrogens is 4. The van der Waals surface area contributed by atoms with Crippen LogP contribution in [0.2, 0.25) is 0 Å². The molecule has 0 aliphatic heterocycles. The van der Waals surface area contributed by atoms with Crippen molar-refractivity contribution in [3.05, 3.63) is 60.4 Å². The Morgan fingerprint density at radius 2 is 1.70 bits per heavy atom. The van der Waals surface area contributed by atoms with Gasteiger partial charge in [0.2, 0.25) is 0 Å². The average molecular weight is 410 g/mol. The maximum Gasteiger partial charge on any atom is 0.303 e. The van der Waals surface area contributed by atoms with Gasteiger partial charge in [0.15, 0.2) is 17.7 Å². The second-order valence-electron chi connectivity index (χ2n) is 6.61. The highest BCUT2D eigenvalue weighted by Crippen LogP contribution is 2.24. The number of aryl methyl sites for hydroxylation is 1. The molecule has 156 valence electrons. The molecule has 1 atom stereocenters. The molecule has 1 unspecified atom stereocenters. The number of para-hydroxylation sites is 1. The highest BCUT2D eigenvalue weighted by atomic mass is 16.5. The first-order valence-corrected chi connectivity index (χ1v) is 9.50. The maximum atomic E-state index is 12.5. The van der Waals surface area contributed by atoms with E-state index in [1.807, 2.05) is 30.3 Å². The Hall–Kier alpha value is -3.75. The lowest BCUT2D eigenvalue weighted by Crippen LogP contribution is -2.28. The number of aliphatic carboxylic acids is 1. The standard InChI is InChI=1S/C21H22N4O5/c1-15(19(26)14-25-20(22-23-24-25)8-5-9-21(27)28)29-17-10-12-18(13-11-17)30-16-6-3-2-4-7-16/h2-4,6-7,10-13,15H,5,8-9,14H2,1H3,(H,27,28). The van der Waals surface area contributed by atoms with Gasteiger partial charge in [-0.1, -0.05) is 18.2 Å². The van der Waals surface area contributed by atoms with E-state index in [0.29, 0.717) is 30.2 Å². The van der Waals surface area contributed by atoms with E-state index in [1.165, 1.54) is 4.68 Å². The van der Waals surface area contributed by atoms with E-state index in [9.17, 15) is 9.59 Å². The molecule has 1 heterocycles. The van der Waals surface area contributed by atoms with Crippen LogP contribution in [0.5, 0.6) is 17.2 Å². The van der Waals surface area contributed by atoms with Crippen molar-refractivity contribution < 1.29 is 24.2 Å². The molecular formula is C21H22N4O5. The molecule has 30 heavy (non-hydrogen) atoms. The van der Waals surface area contributed by atoms with Crippen LogP contribution in [0.1, 0.15) is 25.6 Å². The molecule has 2 aromatic carbocycles. The number of tetrazole rings is 1. The fourth-order valence-corrected chi connectivity index (χ4v) is 2.68.